The molecular formula is C13H15Cl2N5O. The summed E-state index contributed by atoms with van der Waals surface area (Å²) in [7, 11) is 0. The van der Waals surface area contributed by atoms with E-state index < -0.39 is 0 Å². The van der Waals surface area contributed by atoms with Gasteiger partial charge < -0.3 is 10.5 Å². The third-order valence-corrected chi connectivity index (χ3v) is 4.60. The number of rotatable bonds is 3. The summed E-state index contributed by atoms with van der Waals surface area (Å²) in [6, 6.07) is 3.45. The molecule has 1 aromatic heterocycles. The number of benzene rings is 1. The molecule has 8 heteroatoms. The molecule has 0 amide bonds. The molecule has 0 radical (unpaired) electrons. The molecule has 1 aliphatic rings. The lowest BCUT2D eigenvalue weighted by Crippen LogP contribution is -2.19. The molecule has 2 atom stereocenters. The molecule has 1 aromatic carbocycles. The zero-order valence-electron chi connectivity index (χ0n) is 11.5. The monoisotopic (exact) mass is 327 g/mol. The van der Waals surface area contributed by atoms with Crippen molar-refractivity contribution in [2.45, 2.75) is 26.0 Å². The van der Waals surface area contributed by atoms with Gasteiger partial charge in [-0.15, -0.1) is 5.10 Å². The number of aromatic nitrogens is 4. The van der Waals surface area contributed by atoms with Gasteiger partial charge in [-0.05, 0) is 35.9 Å². The Morgan fingerprint density at radius 2 is 2.24 bits per heavy atom. The second kappa shape index (κ2) is 5.79. The Labute approximate surface area is 132 Å². The SMILES string of the molecule is CC1OCCC1Cn1nnnc1-c1cc(N)c(Cl)c(Cl)c1. The summed E-state index contributed by atoms with van der Waals surface area (Å²) in [4.78, 5) is 0. The molecule has 1 fully saturated rings. The Kier molecular flexibility index (Phi) is 4.01. The lowest BCUT2D eigenvalue weighted by Gasteiger charge is -2.14. The topological polar surface area (TPSA) is 78.8 Å². The van der Waals surface area contributed by atoms with E-state index in [1.54, 1.807) is 16.8 Å². The molecule has 2 N–H and O–H groups in total. The van der Waals surface area contributed by atoms with Gasteiger partial charge in [0.25, 0.3) is 0 Å². The van der Waals surface area contributed by atoms with Gasteiger partial charge in [-0.1, -0.05) is 23.2 Å². The van der Waals surface area contributed by atoms with E-state index in [9.17, 15) is 0 Å². The standard InChI is InChI=1S/C13H15Cl2N5O/c1-7-8(2-3-21-7)6-20-13(17-18-19-20)9-4-10(14)12(15)11(16)5-9/h4-5,7-8H,2-3,6,16H2,1H3. The van der Waals surface area contributed by atoms with E-state index in [1.165, 1.54) is 0 Å². The number of ether oxygens (including phenoxy) is 1. The van der Waals surface area contributed by atoms with Crippen molar-refractivity contribution in [2.24, 2.45) is 5.92 Å². The van der Waals surface area contributed by atoms with Gasteiger partial charge in [-0.25, -0.2) is 4.68 Å². The van der Waals surface area contributed by atoms with Gasteiger partial charge in [0.2, 0.25) is 0 Å². The smallest absolute Gasteiger partial charge is 0.182 e. The van der Waals surface area contributed by atoms with E-state index in [-0.39, 0.29) is 6.10 Å². The normalized spacial score (nSPS) is 21.9. The van der Waals surface area contributed by atoms with Gasteiger partial charge >= 0.3 is 0 Å². The predicted molar refractivity (Wildman–Crippen MR) is 81.2 cm³/mol. The first-order chi connectivity index (χ1) is 10.1. The molecule has 2 aromatic rings. The number of hydrogen-bond acceptors (Lipinski definition) is 5. The molecule has 1 saturated heterocycles. The number of hydrogen-bond donors (Lipinski definition) is 1. The van der Waals surface area contributed by atoms with Crippen molar-refractivity contribution >= 4 is 28.9 Å². The fourth-order valence-corrected chi connectivity index (χ4v) is 2.85. The van der Waals surface area contributed by atoms with Crippen LogP contribution in [0.2, 0.25) is 10.0 Å². The average molecular weight is 328 g/mol. The third kappa shape index (κ3) is 2.84. The van der Waals surface area contributed by atoms with Crippen LogP contribution >= 0.6 is 23.2 Å². The van der Waals surface area contributed by atoms with Crippen LogP contribution in [0.5, 0.6) is 0 Å². The zero-order valence-corrected chi connectivity index (χ0v) is 13.0. The highest BCUT2D eigenvalue weighted by atomic mass is 35.5. The van der Waals surface area contributed by atoms with E-state index in [4.69, 9.17) is 33.7 Å². The molecule has 3 rings (SSSR count). The summed E-state index contributed by atoms with van der Waals surface area (Å²) >= 11 is 12.0. The van der Waals surface area contributed by atoms with Crippen molar-refractivity contribution < 1.29 is 4.74 Å². The van der Waals surface area contributed by atoms with E-state index in [2.05, 4.69) is 22.4 Å². The van der Waals surface area contributed by atoms with E-state index >= 15 is 0 Å². The van der Waals surface area contributed by atoms with Crippen LogP contribution in [0, 0.1) is 5.92 Å². The second-order valence-corrected chi connectivity index (χ2v) is 5.96. The number of tetrazole rings is 1. The van der Waals surface area contributed by atoms with Crippen LogP contribution in [0.3, 0.4) is 0 Å². The first-order valence-corrected chi connectivity index (χ1v) is 7.44. The molecule has 112 valence electrons. The Bertz CT molecular complexity index is 637. The number of nitrogen functional groups attached to an aromatic ring is 1. The lowest BCUT2D eigenvalue weighted by atomic mass is 10.0. The maximum absolute atomic E-state index is 6.07. The Morgan fingerprint density at radius 1 is 1.43 bits per heavy atom. The molecule has 0 saturated carbocycles. The van der Waals surface area contributed by atoms with Gasteiger partial charge in [0, 0.05) is 18.1 Å². The van der Waals surface area contributed by atoms with Gasteiger partial charge in [-0.3, -0.25) is 0 Å². The quantitative estimate of drug-likeness (QED) is 0.876. The molecule has 21 heavy (non-hydrogen) atoms. The Balaban J connectivity index is 1.92. The first-order valence-electron chi connectivity index (χ1n) is 6.69. The van der Waals surface area contributed by atoms with E-state index in [0.29, 0.717) is 34.0 Å². The van der Waals surface area contributed by atoms with E-state index in [1.807, 2.05) is 0 Å². The van der Waals surface area contributed by atoms with Crippen LogP contribution < -0.4 is 5.73 Å². The van der Waals surface area contributed by atoms with Crippen LogP contribution in [0.1, 0.15) is 13.3 Å². The minimum atomic E-state index is 0.209. The summed E-state index contributed by atoms with van der Waals surface area (Å²) in [5.41, 5.74) is 7.01. The van der Waals surface area contributed by atoms with Crippen LogP contribution in [0.25, 0.3) is 11.4 Å². The number of halogens is 2. The fourth-order valence-electron chi connectivity index (χ4n) is 2.51. The van der Waals surface area contributed by atoms with Crippen LogP contribution in [-0.4, -0.2) is 32.9 Å². The maximum atomic E-state index is 6.07. The molecule has 0 spiro atoms. The molecule has 1 aliphatic heterocycles. The fraction of sp³-hybridized carbons (Fsp3) is 0.462. The highest BCUT2D eigenvalue weighted by molar-refractivity contribution is 6.43. The Morgan fingerprint density at radius 3 is 2.90 bits per heavy atom. The molecule has 2 heterocycles. The summed E-state index contributed by atoms with van der Waals surface area (Å²) in [6.07, 6.45) is 1.21. The summed E-state index contributed by atoms with van der Waals surface area (Å²) in [5.74, 6) is 1.02. The van der Waals surface area contributed by atoms with Crippen molar-refractivity contribution in [2.75, 3.05) is 12.3 Å². The zero-order chi connectivity index (χ0) is 15.0. The van der Waals surface area contributed by atoms with Gasteiger partial charge in [0.15, 0.2) is 5.82 Å². The largest absolute Gasteiger partial charge is 0.397 e. The predicted octanol–water partition coefficient (Wildman–Crippen LogP) is 2.65. The van der Waals surface area contributed by atoms with Crippen LogP contribution in [0.4, 0.5) is 5.69 Å². The number of nitrogens with zero attached hydrogens (tertiary/aromatic N) is 4. The lowest BCUT2D eigenvalue weighted by molar-refractivity contribution is 0.101. The Hall–Kier alpha value is -1.37. The minimum Gasteiger partial charge on any atom is -0.397 e. The molecule has 2 unspecified atom stereocenters. The highest BCUT2D eigenvalue weighted by Gasteiger charge is 2.26. The van der Waals surface area contributed by atoms with Crippen molar-refractivity contribution in [3.63, 3.8) is 0 Å². The third-order valence-electron chi connectivity index (χ3n) is 3.79. The summed E-state index contributed by atoms with van der Waals surface area (Å²) in [6.45, 7) is 3.55. The number of nitrogens with two attached hydrogens (primary N) is 1. The minimum absolute atomic E-state index is 0.209. The maximum Gasteiger partial charge on any atom is 0.182 e. The average Bonchev–Trinajstić information content (AvgIpc) is 3.06. The van der Waals surface area contributed by atoms with Crippen molar-refractivity contribution in [1.82, 2.24) is 20.2 Å². The molecule has 6 nitrogen and oxygen atoms in total. The first kappa shape index (κ1) is 14.6. The van der Waals surface area contributed by atoms with Gasteiger partial charge in [0.05, 0.1) is 28.4 Å². The number of anilines is 1. The highest BCUT2D eigenvalue weighted by Crippen LogP contribution is 2.33. The van der Waals surface area contributed by atoms with Gasteiger partial charge in [0.1, 0.15) is 0 Å². The van der Waals surface area contributed by atoms with Crippen LogP contribution in [0.15, 0.2) is 12.1 Å². The molecule has 0 bridgehead atoms. The van der Waals surface area contributed by atoms with Crippen molar-refractivity contribution in [1.29, 1.82) is 0 Å². The van der Waals surface area contributed by atoms with Crippen LogP contribution in [-0.2, 0) is 11.3 Å². The summed E-state index contributed by atoms with van der Waals surface area (Å²) < 4.78 is 7.33. The second-order valence-electron chi connectivity index (χ2n) is 5.17. The summed E-state index contributed by atoms with van der Waals surface area (Å²) in [5, 5.41) is 12.6. The van der Waals surface area contributed by atoms with Crippen molar-refractivity contribution in [3.05, 3.63) is 22.2 Å². The van der Waals surface area contributed by atoms with Gasteiger partial charge in [-0.2, -0.15) is 0 Å². The van der Waals surface area contributed by atoms with Crippen molar-refractivity contribution in [3.8, 4) is 11.4 Å². The molecule has 0 aliphatic carbocycles. The molecular weight excluding hydrogens is 313 g/mol. The van der Waals surface area contributed by atoms with E-state index in [0.717, 1.165) is 18.6 Å².